The third-order valence-electron chi connectivity index (χ3n) is 2.85. The Bertz CT molecular complexity index is 422. The summed E-state index contributed by atoms with van der Waals surface area (Å²) in [5.74, 6) is -0.805. The average Bonchev–Trinajstić information content (AvgIpc) is 2.13. The van der Waals surface area contributed by atoms with E-state index in [9.17, 15) is 18.0 Å². The fraction of sp³-hybridized carbons (Fsp3) is 0.417. The lowest BCUT2D eigenvalue weighted by Gasteiger charge is -2.24. The second-order valence-corrected chi connectivity index (χ2v) is 4.04. The quantitative estimate of drug-likeness (QED) is 0.760. The van der Waals surface area contributed by atoms with Crippen molar-refractivity contribution in [3.05, 3.63) is 29.8 Å². The number of carbonyl (C=O) groups excluding carboxylic acids is 1. The van der Waals surface area contributed by atoms with Crippen molar-refractivity contribution in [2.45, 2.75) is 25.6 Å². The van der Waals surface area contributed by atoms with Crippen LogP contribution in [0.15, 0.2) is 24.3 Å². The topological polar surface area (TPSA) is 26.3 Å². The molecule has 1 fully saturated rings. The van der Waals surface area contributed by atoms with Crippen molar-refractivity contribution < 1.29 is 22.7 Å². The molecule has 17 heavy (non-hydrogen) atoms. The first kappa shape index (κ1) is 12.0. The molecule has 0 unspecified atom stereocenters. The van der Waals surface area contributed by atoms with Crippen molar-refractivity contribution in [1.29, 1.82) is 0 Å². The molecule has 0 saturated heterocycles. The Kier molecular flexibility index (Phi) is 3.09. The van der Waals surface area contributed by atoms with Gasteiger partial charge in [-0.1, -0.05) is 18.6 Å². The molecular formula is C12H11F3O2. The van der Waals surface area contributed by atoms with Gasteiger partial charge in [0.25, 0.3) is 0 Å². The molecule has 0 bridgehead atoms. The third kappa shape index (κ3) is 2.78. The van der Waals surface area contributed by atoms with Crippen LogP contribution in [0.2, 0.25) is 0 Å². The van der Waals surface area contributed by atoms with Gasteiger partial charge in [0, 0.05) is 5.92 Å². The first-order valence-corrected chi connectivity index (χ1v) is 5.36. The number of alkyl halides is 3. The fourth-order valence-corrected chi connectivity index (χ4v) is 1.77. The molecule has 0 atom stereocenters. The summed E-state index contributed by atoms with van der Waals surface area (Å²) in [4.78, 5) is 11.9. The number of benzene rings is 1. The Labute approximate surface area is 96.4 Å². The molecule has 1 aliphatic rings. The highest BCUT2D eigenvalue weighted by Crippen LogP contribution is 2.34. The van der Waals surface area contributed by atoms with Crippen LogP contribution in [-0.4, -0.2) is 12.1 Å². The molecule has 1 aliphatic carbocycles. The van der Waals surface area contributed by atoms with E-state index in [1.165, 1.54) is 24.3 Å². The lowest BCUT2D eigenvalue weighted by Crippen LogP contribution is -2.24. The van der Waals surface area contributed by atoms with E-state index in [2.05, 4.69) is 4.74 Å². The molecule has 92 valence electrons. The number of hydrogen-bond acceptors (Lipinski definition) is 2. The van der Waals surface area contributed by atoms with Crippen LogP contribution >= 0.6 is 0 Å². The number of para-hydroxylation sites is 1. The third-order valence-corrected chi connectivity index (χ3v) is 2.85. The van der Waals surface area contributed by atoms with Crippen molar-refractivity contribution >= 4 is 5.78 Å². The van der Waals surface area contributed by atoms with Crippen molar-refractivity contribution in [3.8, 4) is 5.75 Å². The van der Waals surface area contributed by atoms with Crippen LogP contribution in [0, 0.1) is 5.92 Å². The Morgan fingerprint density at radius 1 is 1.24 bits per heavy atom. The van der Waals surface area contributed by atoms with E-state index in [0.29, 0.717) is 0 Å². The maximum Gasteiger partial charge on any atom is 0.573 e. The highest BCUT2D eigenvalue weighted by Gasteiger charge is 2.34. The Balaban J connectivity index is 2.23. The molecule has 0 aliphatic heterocycles. The van der Waals surface area contributed by atoms with Gasteiger partial charge >= 0.3 is 6.36 Å². The normalized spacial score (nSPS) is 16.4. The van der Waals surface area contributed by atoms with E-state index in [0.717, 1.165) is 19.3 Å². The minimum absolute atomic E-state index is 0.0227. The van der Waals surface area contributed by atoms with Crippen molar-refractivity contribution in [3.63, 3.8) is 0 Å². The highest BCUT2D eigenvalue weighted by molar-refractivity contribution is 6.00. The number of rotatable bonds is 3. The van der Waals surface area contributed by atoms with E-state index < -0.39 is 12.1 Å². The number of Topliss-reactive ketones (excluding diaryl/α,β-unsaturated/α-hetero) is 1. The van der Waals surface area contributed by atoms with Crippen LogP contribution in [0.1, 0.15) is 29.6 Å². The summed E-state index contributed by atoms with van der Waals surface area (Å²) in [7, 11) is 0. The van der Waals surface area contributed by atoms with Crippen LogP contribution in [0.3, 0.4) is 0 Å². The fourth-order valence-electron chi connectivity index (χ4n) is 1.77. The minimum Gasteiger partial charge on any atom is -0.405 e. The van der Waals surface area contributed by atoms with E-state index in [4.69, 9.17) is 0 Å². The molecule has 1 saturated carbocycles. The van der Waals surface area contributed by atoms with Crippen LogP contribution in [0.5, 0.6) is 5.75 Å². The summed E-state index contributed by atoms with van der Waals surface area (Å²) in [6.45, 7) is 0. The van der Waals surface area contributed by atoms with Gasteiger partial charge < -0.3 is 4.74 Å². The van der Waals surface area contributed by atoms with Gasteiger partial charge in [0.2, 0.25) is 0 Å². The zero-order valence-electron chi connectivity index (χ0n) is 8.96. The Morgan fingerprint density at radius 3 is 2.41 bits per heavy atom. The van der Waals surface area contributed by atoms with Gasteiger partial charge in [-0.25, -0.2) is 0 Å². The molecule has 0 N–H and O–H groups in total. The summed E-state index contributed by atoms with van der Waals surface area (Å²) in [5, 5.41) is 0. The monoisotopic (exact) mass is 244 g/mol. The largest absolute Gasteiger partial charge is 0.573 e. The highest BCUT2D eigenvalue weighted by atomic mass is 19.4. The lowest BCUT2D eigenvalue weighted by atomic mass is 9.80. The van der Waals surface area contributed by atoms with Gasteiger partial charge in [0.15, 0.2) is 5.78 Å². The summed E-state index contributed by atoms with van der Waals surface area (Å²) < 4.78 is 40.3. The number of carbonyl (C=O) groups is 1. The smallest absolute Gasteiger partial charge is 0.405 e. The number of hydrogen-bond donors (Lipinski definition) is 0. The standard InChI is InChI=1S/C12H11F3O2/c13-12(14,15)17-10-7-2-1-6-9(10)11(16)8-4-3-5-8/h1-2,6-8H,3-5H2. The first-order valence-electron chi connectivity index (χ1n) is 5.36. The molecule has 0 heterocycles. The van der Waals surface area contributed by atoms with Crippen LogP contribution in [-0.2, 0) is 0 Å². The zero-order chi connectivity index (χ0) is 12.5. The molecule has 2 rings (SSSR count). The molecule has 1 aromatic rings. The molecule has 1 aromatic carbocycles. The molecular weight excluding hydrogens is 233 g/mol. The van der Waals surface area contributed by atoms with Crippen LogP contribution < -0.4 is 4.74 Å². The van der Waals surface area contributed by atoms with E-state index in [-0.39, 0.29) is 17.3 Å². The predicted octanol–water partition coefficient (Wildman–Crippen LogP) is 3.57. The van der Waals surface area contributed by atoms with Gasteiger partial charge in [0.1, 0.15) is 5.75 Å². The number of ether oxygens (including phenoxy) is 1. The van der Waals surface area contributed by atoms with Crippen LogP contribution in [0.25, 0.3) is 0 Å². The maximum absolute atomic E-state index is 12.1. The molecule has 2 nitrogen and oxygen atoms in total. The van der Waals surface area contributed by atoms with Gasteiger partial charge in [-0.05, 0) is 25.0 Å². The van der Waals surface area contributed by atoms with Gasteiger partial charge in [0.05, 0.1) is 5.56 Å². The summed E-state index contributed by atoms with van der Waals surface area (Å²) >= 11 is 0. The minimum atomic E-state index is -4.77. The molecule has 0 radical (unpaired) electrons. The van der Waals surface area contributed by atoms with Crippen molar-refractivity contribution in [2.24, 2.45) is 5.92 Å². The Hall–Kier alpha value is -1.52. The number of ketones is 1. The predicted molar refractivity (Wildman–Crippen MR) is 54.8 cm³/mol. The molecule has 5 heteroatoms. The van der Waals surface area contributed by atoms with Crippen molar-refractivity contribution in [2.75, 3.05) is 0 Å². The molecule has 0 spiro atoms. The average molecular weight is 244 g/mol. The SMILES string of the molecule is O=C(c1ccccc1OC(F)(F)F)C1CCC1. The summed E-state index contributed by atoms with van der Waals surface area (Å²) in [5.41, 5.74) is 0.0227. The van der Waals surface area contributed by atoms with Crippen LogP contribution in [0.4, 0.5) is 13.2 Å². The summed E-state index contributed by atoms with van der Waals surface area (Å²) in [6, 6.07) is 5.49. The Morgan fingerprint density at radius 2 is 1.88 bits per heavy atom. The first-order chi connectivity index (χ1) is 7.97. The maximum atomic E-state index is 12.1. The molecule has 0 aromatic heterocycles. The second kappa shape index (κ2) is 4.39. The van der Waals surface area contributed by atoms with Gasteiger partial charge in [-0.15, -0.1) is 13.2 Å². The zero-order valence-corrected chi connectivity index (χ0v) is 8.96. The van der Waals surface area contributed by atoms with Crippen molar-refractivity contribution in [1.82, 2.24) is 0 Å². The molecule has 0 amide bonds. The van der Waals surface area contributed by atoms with Gasteiger partial charge in [-0.2, -0.15) is 0 Å². The second-order valence-electron chi connectivity index (χ2n) is 4.04. The van der Waals surface area contributed by atoms with E-state index >= 15 is 0 Å². The van der Waals surface area contributed by atoms with Gasteiger partial charge in [-0.3, -0.25) is 4.79 Å². The summed E-state index contributed by atoms with van der Waals surface area (Å²) in [6.07, 6.45) is -2.31. The van der Waals surface area contributed by atoms with E-state index in [1.54, 1.807) is 0 Å². The number of halogens is 3. The van der Waals surface area contributed by atoms with E-state index in [1.807, 2.05) is 0 Å². The lowest BCUT2D eigenvalue weighted by molar-refractivity contribution is -0.274.